The summed E-state index contributed by atoms with van der Waals surface area (Å²) in [4.78, 5) is 24.9. The van der Waals surface area contributed by atoms with Gasteiger partial charge in [0.2, 0.25) is 0 Å². The summed E-state index contributed by atoms with van der Waals surface area (Å²) in [7, 11) is 1.54. The highest BCUT2D eigenvalue weighted by Gasteiger charge is 2.16. The number of halogens is 1. The average Bonchev–Trinajstić information content (AvgIpc) is 2.69. The molecule has 0 fully saturated rings. The van der Waals surface area contributed by atoms with Crippen molar-refractivity contribution in [1.29, 1.82) is 0 Å². The van der Waals surface area contributed by atoms with Gasteiger partial charge in [-0.1, -0.05) is 34.1 Å². The minimum Gasteiger partial charge on any atom is -0.496 e. The van der Waals surface area contributed by atoms with E-state index in [2.05, 4.69) is 26.6 Å². The molecule has 28 heavy (non-hydrogen) atoms. The molecule has 142 valence electrons. The Balaban J connectivity index is 1.71. The third kappa shape index (κ3) is 4.58. The van der Waals surface area contributed by atoms with Crippen molar-refractivity contribution in [1.82, 2.24) is 0 Å². The predicted molar refractivity (Wildman–Crippen MR) is 114 cm³/mol. The zero-order valence-corrected chi connectivity index (χ0v) is 17.0. The number of nitrogens with one attached hydrogen (secondary N) is 2. The Morgan fingerprint density at radius 1 is 0.857 bits per heavy atom. The molecular weight excluding hydrogens is 420 g/mol. The van der Waals surface area contributed by atoms with Gasteiger partial charge in [0.1, 0.15) is 5.75 Å². The first-order chi connectivity index (χ1) is 13.5. The number of rotatable bonds is 5. The molecule has 2 N–H and O–H groups in total. The minimum atomic E-state index is -0.276. The number of amides is 2. The highest BCUT2D eigenvalue weighted by molar-refractivity contribution is 9.10. The van der Waals surface area contributed by atoms with Crippen LogP contribution in [0, 0.1) is 6.92 Å². The fourth-order valence-corrected chi connectivity index (χ4v) is 3.37. The van der Waals surface area contributed by atoms with Gasteiger partial charge in [0, 0.05) is 21.4 Å². The lowest BCUT2D eigenvalue weighted by Crippen LogP contribution is -2.14. The molecule has 0 aromatic heterocycles. The van der Waals surface area contributed by atoms with E-state index in [9.17, 15) is 9.59 Å². The number of anilines is 2. The van der Waals surface area contributed by atoms with Crippen LogP contribution in [0.5, 0.6) is 5.75 Å². The molecule has 2 amide bonds. The van der Waals surface area contributed by atoms with Gasteiger partial charge in [0.25, 0.3) is 11.8 Å². The largest absolute Gasteiger partial charge is 0.496 e. The van der Waals surface area contributed by atoms with E-state index in [-0.39, 0.29) is 11.8 Å². The van der Waals surface area contributed by atoms with Crippen LogP contribution in [0.25, 0.3) is 0 Å². The van der Waals surface area contributed by atoms with E-state index in [1.807, 2.05) is 31.2 Å². The number of carbonyl (C=O) groups excluding carboxylic acids is 2. The second-order valence-corrected chi connectivity index (χ2v) is 7.07. The number of carbonyl (C=O) groups is 2. The van der Waals surface area contributed by atoms with Crippen LogP contribution in [-0.4, -0.2) is 18.9 Å². The van der Waals surface area contributed by atoms with Crippen LogP contribution in [0.15, 0.2) is 71.2 Å². The zero-order valence-electron chi connectivity index (χ0n) is 15.5. The van der Waals surface area contributed by atoms with Crippen molar-refractivity contribution >= 4 is 39.1 Å². The van der Waals surface area contributed by atoms with Gasteiger partial charge in [-0.25, -0.2) is 0 Å². The molecule has 5 nitrogen and oxygen atoms in total. The third-order valence-electron chi connectivity index (χ3n) is 4.12. The summed E-state index contributed by atoms with van der Waals surface area (Å²) in [5.74, 6) is 0.0708. The normalized spacial score (nSPS) is 10.2. The van der Waals surface area contributed by atoms with Gasteiger partial charge in [0.15, 0.2) is 0 Å². The molecule has 3 aromatic carbocycles. The Bertz CT molecular complexity index is 1000. The maximum absolute atomic E-state index is 12.7. The topological polar surface area (TPSA) is 67.4 Å². The SMILES string of the molecule is COc1c(C)cc(Br)cc1C(=O)Nc1ccc(NC(=O)c2ccccc2)cc1. The van der Waals surface area contributed by atoms with Crippen LogP contribution in [0.3, 0.4) is 0 Å². The summed E-state index contributed by atoms with van der Waals surface area (Å²) in [5.41, 5.74) is 3.14. The van der Waals surface area contributed by atoms with Crippen LogP contribution in [-0.2, 0) is 0 Å². The maximum atomic E-state index is 12.7. The lowest BCUT2D eigenvalue weighted by molar-refractivity contribution is 0.101. The summed E-state index contributed by atoms with van der Waals surface area (Å²) in [5, 5.41) is 5.67. The van der Waals surface area contributed by atoms with Crippen LogP contribution in [0.2, 0.25) is 0 Å². The number of methoxy groups -OCH3 is 1. The van der Waals surface area contributed by atoms with Crippen molar-refractivity contribution in [2.75, 3.05) is 17.7 Å². The molecule has 6 heteroatoms. The summed E-state index contributed by atoms with van der Waals surface area (Å²) >= 11 is 3.41. The van der Waals surface area contributed by atoms with Crippen LogP contribution < -0.4 is 15.4 Å². The molecule has 0 saturated heterocycles. The molecule has 0 unspecified atom stereocenters. The molecule has 0 atom stereocenters. The molecule has 3 rings (SSSR count). The first-order valence-corrected chi connectivity index (χ1v) is 9.39. The molecule has 0 saturated carbocycles. The Labute approximate surface area is 171 Å². The maximum Gasteiger partial charge on any atom is 0.259 e. The monoisotopic (exact) mass is 438 g/mol. The minimum absolute atomic E-state index is 0.188. The summed E-state index contributed by atoms with van der Waals surface area (Å²) in [6, 6.07) is 19.5. The van der Waals surface area contributed by atoms with Gasteiger partial charge in [-0.2, -0.15) is 0 Å². The molecule has 0 aliphatic rings. The average molecular weight is 439 g/mol. The van der Waals surface area contributed by atoms with Crippen molar-refractivity contribution in [3.63, 3.8) is 0 Å². The number of ether oxygens (including phenoxy) is 1. The van der Waals surface area contributed by atoms with Crippen molar-refractivity contribution in [2.24, 2.45) is 0 Å². The lowest BCUT2D eigenvalue weighted by Gasteiger charge is -2.13. The van der Waals surface area contributed by atoms with E-state index >= 15 is 0 Å². The number of hydrogen-bond donors (Lipinski definition) is 2. The van der Waals surface area contributed by atoms with Crippen LogP contribution in [0.1, 0.15) is 26.3 Å². The van der Waals surface area contributed by atoms with Crippen LogP contribution in [0.4, 0.5) is 11.4 Å². The molecule has 0 aliphatic heterocycles. The van der Waals surface area contributed by atoms with E-state index < -0.39 is 0 Å². The van der Waals surface area contributed by atoms with Gasteiger partial charge < -0.3 is 15.4 Å². The highest BCUT2D eigenvalue weighted by atomic mass is 79.9. The third-order valence-corrected chi connectivity index (χ3v) is 4.58. The Morgan fingerprint density at radius 2 is 1.43 bits per heavy atom. The number of benzene rings is 3. The number of hydrogen-bond acceptors (Lipinski definition) is 3. The van der Waals surface area contributed by atoms with Gasteiger partial charge in [-0.15, -0.1) is 0 Å². The Kier molecular flexibility index (Phi) is 6.11. The highest BCUT2D eigenvalue weighted by Crippen LogP contribution is 2.28. The van der Waals surface area contributed by atoms with E-state index in [0.717, 1.165) is 10.0 Å². The second-order valence-electron chi connectivity index (χ2n) is 6.16. The second kappa shape index (κ2) is 8.71. The summed E-state index contributed by atoms with van der Waals surface area (Å²) in [6.45, 7) is 1.88. The lowest BCUT2D eigenvalue weighted by atomic mass is 10.1. The number of aryl methyl sites for hydroxylation is 1. The molecule has 0 bridgehead atoms. The van der Waals surface area contributed by atoms with E-state index in [1.165, 1.54) is 7.11 Å². The summed E-state index contributed by atoms with van der Waals surface area (Å²) in [6.07, 6.45) is 0. The van der Waals surface area contributed by atoms with Gasteiger partial charge >= 0.3 is 0 Å². The van der Waals surface area contributed by atoms with Crippen molar-refractivity contribution in [2.45, 2.75) is 6.92 Å². The molecule has 0 spiro atoms. The fraction of sp³-hybridized carbons (Fsp3) is 0.0909. The fourth-order valence-electron chi connectivity index (χ4n) is 2.80. The molecule has 0 radical (unpaired) electrons. The smallest absolute Gasteiger partial charge is 0.259 e. The predicted octanol–water partition coefficient (Wildman–Crippen LogP) is 5.27. The van der Waals surface area contributed by atoms with Gasteiger partial charge in [-0.3, -0.25) is 9.59 Å². The van der Waals surface area contributed by atoms with E-state index in [4.69, 9.17) is 4.74 Å². The van der Waals surface area contributed by atoms with Gasteiger partial charge in [-0.05, 0) is 61.0 Å². The van der Waals surface area contributed by atoms with Crippen LogP contribution >= 0.6 is 15.9 Å². The molecular formula is C22H19BrN2O3. The van der Waals surface area contributed by atoms with Crippen molar-refractivity contribution < 1.29 is 14.3 Å². The first kappa shape index (κ1) is 19.6. The molecule has 0 heterocycles. The van der Waals surface area contributed by atoms with Crippen molar-refractivity contribution in [3.05, 3.63) is 87.9 Å². The standard InChI is InChI=1S/C22H19BrN2O3/c1-14-12-16(23)13-19(20(14)28-2)22(27)25-18-10-8-17(9-11-18)24-21(26)15-6-4-3-5-7-15/h3-13H,1-2H3,(H,24,26)(H,25,27). The Morgan fingerprint density at radius 3 is 2.00 bits per heavy atom. The van der Waals surface area contributed by atoms with E-state index in [1.54, 1.807) is 42.5 Å². The summed E-state index contributed by atoms with van der Waals surface area (Å²) < 4.78 is 6.17. The van der Waals surface area contributed by atoms with Crippen molar-refractivity contribution in [3.8, 4) is 5.75 Å². The first-order valence-electron chi connectivity index (χ1n) is 8.60. The zero-order chi connectivity index (χ0) is 20.1. The molecule has 0 aliphatic carbocycles. The van der Waals surface area contributed by atoms with E-state index in [0.29, 0.717) is 28.3 Å². The quantitative estimate of drug-likeness (QED) is 0.569. The van der Waals surface area contributed by atoms with Gasteiger partial charge in [0.05, 0.1) is 12.7 Å². The molecule has 3 aromatic rings. The Hall–Kier alpha value is -3.12.